The van der Waals surface area contributed by atoms with Crippen molar-refractivity contribution in [2.75, 3.05) is 25.4 Å². The van der Waals surface area contributed by atoms with Crippen LogP contribution in [0, 0.1) is 0 Å². The molecule has 1 aromatic carbocycles. The van der Waals surface area contributed by atoms with Crippen molar-refractivity contribution in [2.45, 2.75) is 37.7 Å². The maximum atomic E-state index is 5.50. The summed E-state index contributed by atoms with van der Waals surface area (Å²) in [5, 5.41) is 3.47. The van der Waals surface area contributed by atoms with E-state index in [0.717, 1.165) is 31.9 Å². The van der Waals surface area contributed by atoms with Crippen LogP contribution < -0.4 is 5.32 Å². The molecule has 0 bridgehead atoms. The smallest absolute Gasteiger partial charge is 0.0518 e. The molecule has 18 heavy (non-hydrogen) atoms. The average molecular weight is 267 g/mol. The van der Waals surface area contributed by atoms with Crippen molar-refractivity contribution in [1.29, 1.82) is 0 Å². The minimum atomic E-state index is 0.361. The summed E-state index contributed by atoms with van der Waals surface area (Å²) in [5.74, 6) is 1.13. The maximum absolute atomic E-state index is 5.50. The molecule has 0 unspecified atom stereocenters. The van der Waals surface area contributed by atoms with Gasteiger partial charge in [-0.15, -0.1) is 11.8 Å². The Bertz CT molecular complexity index is 290. The van der Waals surface area contributed by atoms with Crippen LogP contribution >= 0.6 is 11.8 Å². The van der Waals surface area contributed by atoms with E-state index in [1.54, 1.807) is 0 Å². The molecule has 102 valence electrons. The Morgan fingerprint density at radius 2 is 1.89 bits per heavy atom. The molecule has 0 heterocycles. The Morgan fingerprint density at radius 3 is 2.61 bits per heavy atom. The molecule has 0 aromatic heterocycles. The zero-order valence-electron chi connectivity index (χ0n) is 11.5. The zero-order valence-corrected chi connectivity index (χ0v) is 12.3. The molecule has 2 nitrogen and oxygen atoms in total. The van der Waals surface area contributed by atoms with Gasteiger partial charge in [0.15, 0.2) is 0 Å². The lowest BCUT2D eigenvalue weighted by Crippen LogP contribution is -2.19. The lowest BCUT2D eigenvalue weighted by Gasteiger charge is -2.07. The van der Waals surface area contributed by atoms with Gasteiger partial charge in [-0.05, 0) is 45.4 Å². The van der Waals surface area contributed by atoms with Gasteiger partial charge in [0.25, 0.3) is 0 Å². The van der Waals surface area contributed by atoms with E-state index in [4.69, 9.17) is 4.74 Å². The van der Waals surface area contributed by atoms with Crippen LogP contribution in [-0.2, 0) is 4.74 Å². The van der Waals surface area contributed by atoms with Crippen LogP contribution in [-0.4, -0.2) is 31.6 Å². The highest BCUT2D eigenvalue weighted by molar-refractivity contribution is 7.99. The van der Waals surface area contributed by atoms with Crippen LogP contribution in [0.1, 0.15) is 26.7 Å². The van der Waals surface area contributed by atoms with Gasteiger partial charge < -0.3 is 10.1 Å². The van der Waals surface area contributed by atoms with Gasteiger partial charge in [-0.1, -0.05) is 18.2 Å². The van der Waals surface area contributed by atoms with E-state index in [0.29, 0.717) is 6.10 Å². The van der Waals surface area contributed by atoms with Gasteiger partial charge in [-0.2, -0.15) is 0 Å². The summed E-state index contributed by atoms with van der Waals surface area (Å²) in [6.07, 6.45) is 2.71. The van der Waals surface area contributed by atoms with Gasteiger partial charge in [-0.3, -0.25) is 0 Å². The van der Waals surface area contributed by atoms with E-state index in [2.05, 4.69) is 49.5 Å². The predicted molar refractivity (Wildman–Crippen MR) is 80.4 cm³/mol. The Morgan fingerprint density at radius 1 is 1.11 bits per heavy atom. The fraction of sp³-hybridized carbons (Fsp3) is 0.600. The fourth-order valence-electron chi connectivity index (χ4n) is 1.55. The third-order valence-electron chi connectivity index (χ3n) is 2.49. The summed E-state index contributed by atoms with van der Waals surface area (Å²) >= 11 is 1.91. The number of benzene rings is 1. The first-order valence-electron chi connectivity index (χ1n) is 6.79. The van der Waals surface area contributed by atoms with E-state index < -0.39 is 0 Å². The van der Waals surface area contributed by atoms with Crippen LogP contribution in [0.2, 0.25) is 0 Å². The van der Waals surface area contributed by atoms with Crippen molar-refractivity contribution in [1.82, 2.24) is 5.32 Å². The third-order valence-corrected chi connectivity index (χ3v) is 3.50. The van der Waals surface area contributed by atoms with Crippen LogP contribution in [0.5, 0.6) is 0 Å². The predicted octanol–water partition coefficient (Wildman–Crippen LogP) is 3.57. The lowest BCUT2D eigenvalue weighted by molar-refractivity contribution is 0.0761. The molecule has 0 atom stereocenters. The first-order valence-corrected chi connectivity index (χ1v) is 7.78. The second-order valence-electron chi connectivity index (χ2n) is 4.54. The van der Waals surface area contributed by atoms with Crippen molar-refractivity contribution in [3.8, 4) is 0 Å². The first-order chi connectivity index (χ1) is 8.79. The highest BCUT2D eigenvalue weighted by atomic mass is 32.2. The normalized spacial score (nSPS) is 11.1. The summed E-state index contributed by atoms with van der Waals surface area (Å²) in [7, 11) is 0. The van der Waals surface area contributed by atoms with Crippen LogP contribution in [0.3, 0.4) is 0 Å². The summed E-state index contributed by atoms with van der Waals surface area (Å²) in [5.41, 5.74) is 0. The van der Waals surface area contributed by atoms with Gasteiger partial charge in [0, 0.05) is 23.8 Å². The Balaban J connectivity index is 1.84. The van der Waals surface area contributed by atoms with Gasteiger partial charge >= 0.3 is 0 Å². The number of rotatable bonds is 10. The van der Waals surface area contributed by atoms with Gasteiger partial charge in [0.05, 0.1) is 6.10 Å². The van der Waals surface area contributed by atoms with Crippen LogP contribution in [0.15, 0.2) is 35.2 Å². The molecule has 0 spiro atoms. The zero-order chi connectivity index (χ0) is 13.1. The van der Waals surface area contributed by atoms with Crippen molar-refractivity contribution in [2.24, 2.45) is 0 Å². The SMILES string of the molecule is CC(C)OCCCCNCCSc1ccccc1. The molecule has 3 heteroatoms. The second-order valence-corrected chi connectivity index (χ2v) is 5.71. The number of thioether (sulfide) groups is 1. The van der Waals surface area contributed by atoms with Crippen molar-refractivity contribution >= 4 is 11.8 Å². The highest BCUT2D eigenvalue weighted by Crippen LogP contribution is 2.15. The quantitative estimate of drug-likeness (QED) is 0.517. The minimum Gasteiger partial charge on any atom is -0.379 e. The van der Waals surface area contributed by atoms with Gasteiger partial charge in [-0.25, -0.2) is 0 Å². The average Bonchev–Trinajstić information content (AvgIpc) is 2.37. The maximum Gasteiger partial charge on any atom is 0.0518 e. The minimum absolute atomic E-state index is 0.361. The van der Waals surface area contributed by atoms with Gasteiger partial charge in [0.1, 0.15) is 0 Å². The van der Waals surface area contributed by atoms with E-state index in [-0.39, 0.29) is 0 Å². The number of nitrogens with one attached hydrogen (secondary N) is 1. The summed E-state index contributed by atoms with van der Waals surface area (Å²) in [4.78, 5) is 1.35. The largest absolute Gasteiger partial charge is 0.379 e. The molecule has 1 aromatic rings. The molecule has 0 aliphatic heterocycles. The van der Waals surface area contributed by atoms with Crippen molar-refractivity contribution in [3.05, 3.63) is 30.3 Å². The topological polar surface area (TPSA) is 21.3 Å². The number of hydrogen-bond donors (Lipinski definition) is 1. The van der Waals surface area contributed by atoms with E-state index in [1.807, 2.05) is 11.8 Å². The second kappa shape index (κ2) is 10.4. The molecular formula is C15H25NOS. The molecule has 0 fully saturated rings. The van der Waals surface area contributed by atoms with Crippen LogP contribution in [0.4, 0.5) is 0 Å². The molecule has 0 amide bonds. The standard InChI is InChI=1S/C15H25NOS/c1-14(2)17-12-7-6-10-16-11-13-18-15-8-4-3-5-9-15/h3-5,8-9,14,16H,6-7,10-13H2,1-2H3. The Kier molecular flexibility index (Phi) is 9.00. The van der Waals surface area contributed by atoms with E-state index in [1.165, 1.54) is 11.3 Å². The Hall–Kier alpha value is -0.510. The lowest BCUT2D eigenvalue weighted by atomic mass is 10.3. The van der Waals surface area contributed by atoms with Crippen LogP contribution in [0.25, 0.3) is 0 Å². The monoisotopic (exact) mass is 267 g/mol. The van der Waals surface area contributed by atoms with Crippen molar-refractivity contribution in [3.63, 3.8) is 0 Å². The number of ether oxygens (including phenoxy) is 1. The molecule has 1 rings (SSSR count). The summed E-state index contributed by atoms with van der Waals surface area (Å²) in [6, 6.07) is 10.6. The Labute approximate surface area is 116 Å². The van der Waals surface area contributed by atoms with E-state index in [9.17, 15) is 0 Å². The van der Waals surface area contributed by atoms with Crippen molar-refractivity contribution < 1.29 is 4.74 Å². The molecule has 1 N–H and O–H groups in total. The molecule has 0 saturated carbocycles. The molecule has 0 aliphatic rings. The third kappa shape index (κ3) is 8.56. The molecule has 0 saturated heterocycles. The molecule has 0 radical (unpaired) electrons. The summed E-state index contributed by atoms with van der Waals surface area (Å²) in [6.45, 7) is 7.22. The number of unbranched alkanes of at least 4 members (excludes halogenated alkanes) is 1. The number of hydrogen-bond acceptors (Lipinski definition) is 3. The first kappa shape index (κ1) is 15.5. The van der Waals surface area contributed by atoms with E-state index >= 15 is 0 Å². The highest BCUT2D eigenvalue weighted by Gasteiger charge is 1.94. The molecular weight excluding hydrogens is 242 g/mol. The van der Waals surface area contributed by atoms with Gasteiger partial charge in [0.2, 0.25) is 0 Å². The molecule has 0 aliphatic carbocycles. The fourth-order valence-corrected chi connectivity index (χ4v) is 2.39. The summed E-state index contributed by atoms with van der Waals surface area (Å²) < 4.78 is 5.50.